The highest BCUT2D eigenvalue weighted by atomic mass is 15.3. The molecule has 3 nitrogen and oxygen atoms in total. The Hall–Kier alpha value is -1.38. The van der Waals surface area contributed by atoms with E-state index in [4.69, 9.17) is 5.10 Å². The van der Waals surface area contributed by atoms with Crippen molar-refractivity contribution >= 4 is 11.0 Å². The average Bonchev–Trinajstić information content (AvgIpc) is 2.74. The molecular formula is C17H27N3. The third-order valence-corrected chi connectivity index (χ3v) is 3.97. The fourth-order valence-corrected chi connectivity index (χ4v) is 2.84. The van der Waals surface area contributed by atoms with Crippen LogP contribution >= 0.6 is 0 Å². The van der Waals surface area contributed by atoms with Crippen molar-refractivity contribution in [2.75, 3.05) is 0 Å². The molecule has 0 bridgehead atoms. The van der Waals surface area contributed by atoms with E-state index in [1.54, 1.807) is 0 Å². The molecule has 0 aliphatic carbocycles. The van der Waals surface area contributed by atoms with E-state index in [-0.39, 0.29) is 0 Å². The molecule has 0 saturated heterocycles. The zero-order valence-corrected chi connectivity index (χ0v) is 13.3. The maximum atomic E-state index is 4.69. The predicted octanol–water partition coefficient (Wildman–Crippen LogP) is 4.59. The lowest BCUT2D eigenvalue weighted by Gasteiger charge is -2.17. The third-order valence-electron chi connectivity index (χ3n) is 3.97. The summed E-state index contributed by atoms with van der Waals surface area (Å²) >= 11 is 0. The first-order chi connectivity index (χ1) is 9.61. The summed E-state index contributed by atoms with van der Waals surface area (Å²) in [4.78, 5) is 4.51. The second kappa shape index (κ2) is 6.87. The van der Waals surface area contributed by atoms with Crippen LogP contribution in [-0.4, -0.2) is 14.8 Å². The summed E-state index contributed by atoms with van der Waals surface area (Å²) < 4.78 is 2.12. The van der Waals surface area contributed by atoms with E-state index < -0.39 is 0 Å². The normalized spacial score (nSPS) is 13.2. The lowest BCUT2D eigenvalue weighted by atomic mass is 9.94. The first-order valence-corrected chi connectivity index (χ1v) is 7.90. The van der Waals surface area contributed by atoms with Gasteiger partial charge in [-0.25, -0.2) is 9.67 Å². The topological polar surface area (TPSA) is 30.7 Å². The Labute approximate surface area is 122 Å². The zero-order chi connectivity index (χ0) is 14.5. The van der Waals surface area contributed by atoms with Gasteiger partial charge in [-0.2, -0.15) is 5.10 Å². The van der Waals surface area contributed by atoms with Crippen LogP contribution in [0.25, 0.3) is 11.0 Å². The summed E-state index contributed by atoms with van der Waals surface area (Å²) in [5, 5.41) is 5.88. The molecule has 0 aliphatic rings. The van der Waals surface area contributed by atoms with Crippen LogP contribution in [0, 0.1) is 18.8 Å². The minimum absolute atomic E-state index is 0.715. The van der Waals surface area contributed by atoms with Crippen molar-refractivity contribution in [1.82, 2.24) is 14.8 Å². The van der Waals surface area contributed by atoms with Gasteiger partial charge in [-0.15, -0.1) is 0 Å². The Balaban J connectivity index is 2.15. The van der Waals surface area contributed by atoms with Crippen LogP contribution in [0.3, 0.4) is 0 Å². The maximum Gasteiger partial charge on any atom is 0.157 e. The standard InChI is InChI=1S/C17H27N3/c1-5-7-15(10-9-13(2)3)12-20-17-16(14(4)19-20)8-6-11-18-17/h6,8,11,13,15H,5,7,9-10,12H2,1-4H3. The quantitative estimate of drug-likeness (QED) is 0.738. The van der Waals surface area contributed by atoms with Crippen molar-refractivity contribution in [3.05, 3.63) is 24.0 Å². The first kappa shape index (κ1) is 15.0. The maximum absolute atomic E-state index is 4.69. The number of aromatic nitrogens is 3. The van der Waals surface area contributed by atoms with Gasteiger partial charge in [-0.05, 0) is 43.7 Å². The lowest BCUT2D eigenvalue weighted by molar-refractivity contribution is 0.343. The fourth-order valence-electron chi connectivity index (χ4n) is 2.84. The molecule has 0 aliphatic heterocycles. The van der Waals surface area contributed by atoms with Crippen LogP contribution < -0.4 is 0 Å². The number of pyridine rings is 1. The molecule has 2 aromatic rings. The van der Waals surface area contributed by atoms with E-state index in [0.29, 0.717) is 5.92 Å². The molecule has 1 unspecified atom stereocenters. The van der Waals surface area contributed by atoms with E-state index in [9.17, 15) is 0 Å². The van der Waals surface area contributed by atoms with Gasteiger partial charge in [-0.1, -0.05) is 33.6 Å². The summed E-state index contributed by atoms with van der Waals surface area (Å²) in [5.41, 5.74) is 2.13. The summed E-state index contributed by atoms with van der Waals surface area (Å²) in [5.74, 6) is 1.50. The molecule has 0 N–H and O–H groups in total. The Morgan fingerprint density at radius 3 is 2.70 bits per heavy atom. The van der Waals surface area contributed by atoms with Crippen molar-refractivity contribution in [3.63, 3.8) is 0 Å². The lowest BCUT2D eigenvalue weighted by Crippen LogP contribution is -2.13. The highest BCUT2D eigenvalue weighted by molar-refractivity contribution is 5.77. The highest BCUT2D eigenvalue weighted by Crippen LogP contribution is 2.22. The minimum Gasteiger partial charge on any atom is -0.247 e. The highest BCUT2D eigenvalue weighted by Gasteiger charge is 2.14. The molecule has 0 fully saturated rings. The minimum atomic E-state index is 0.715. The molecule has 1 atom stereocenters. The van der Waals surface area contributed by atoms with Crippen molar-refractivity contribution < 1.29 is 0 Å². The Morgan fingerprint density at radius 1 is 1.20 bits per heavy atom. The Kier molecular flexibility index (Phi) is 5.16. The molecule has 3 heteroatoms. The Bertz CT molecular complexity index is 542. The molecule has 0 saturated carbocycles. The van der Waals surface area contributed by atoms with Gasteiger partial charge in [0.2, 0.25) is 0 Å². The SMILES string of the molecule is CCCC(CCC(C)C)Cn1nc(C)c2cccnc21. The molecule has 20 heavy (non-hydrogen) atoms. The van der Waals surface area contributed by atoms with Gasteiger partial charge in [0.25, 0.3) is 0 Å². The van der Waals surface area contributed by atoms with Crippen LogP contribution in [-0.2, 0) is 6.54 Å². The third kappa shape index (κ3) is 3.59. The molecule has 0 spiro atoms. The number of aryl methyl sites for hydroxylation is 1. The number of hydrogen-bond donors (Lipinski definition) is 0. The van der Waals surface area contributed by atoms with Crippen molar-refractivity contribution in [3.8, 4) is 0 Å². The molecule has 2 rings (SSSR count). The number of nitrogens with zero attached hydrogens (tertiary/aromatic N) is 3. The summed E-state index contributed by atoms with van der Waals surface area (Å²) in [7, 11) is 0. The Morgan fingerprint density at radius 2 is 2.00 bits per heavy atom. The monoisotopic (exact) mass is 273 g/mol. The van der Waals surface area contributed by atoms with Gasteiger partial charge >= 0.3 is 0 Å². The van der Waals surface area contributed by atoms with Gasteiger partial charge in [0.15, 0.2) is 5.65 Å². The summed E-state index contributed by atoms with van der Waals surface area (Å²) in [6, 6.07) is 4.10. The smallest absolute Gasteiger partial charge is 0.157 e. The van der Waals surface area contributed by atoms with Gasteiger partial charge in [0.05, 0.1) is 5.69 Å². The van der Waals surface area contributed by atoms with Crippen molar-refractivity contribution in [2.24, 2.45) is 11.8 Å². The van der Waals surface area contributed by atoms with Crippen molar-refractivity contribution in [1.29, 1.82) is 0 Å². The van der Waals surface area contributed by atoms with E-state index in [1.165, 1.54) is 31.1 Å². The second-order valence-electron chi connectivity index (χ2n) is 6.27. The molecule has 0 amide bonds. The first-order valence-electron chi connectivity index (χ1n) is 7.90. The van der Waals surface area contributed by atoms with E-state index in [1.807, 2.05) is 12.3 Å². The van der Waals surface area contributed by atoms with Crippen molar-refractivity contribution in [2.45, 2.75) is 59.9 Å². The van der Waals surface area contributed by atoms with Crippen LogP contribution in [0.15, 0.2) is 18.3 Å². The van der Waals surface area contributed by atoms with E-state index >= 15 is 0 Å². The molecule has 110 valence electrons. The second-order valence-corrected chi connectivity index (χ2v) is 6.27. The molecule has 0 aromatic carbocycles. The van der Waals surface area contributed by atoms with Crippen LogP contribution in [0.1, 0.15) is 52.1 Å². The fraction of sp³-hybridized carbons (Fsp3) is 0.647. The van der Waals surface area contributed by atoms with Gasteiger partial charge in [0.1, 0.15) is 0 Å². The van der Waals surface area contributed by atoms with E-state index in [2.05, 4.69) is 43.4 Å². The summed E-state index contributed by atoms with van der Waals surface area (Å²) in [6.45, 7) is 9.95. The van der Waals surface area contributed by atoms with Gasteiger partial charge < -0.3 is 0 Å². The number of hydrogen-bond acceptors (Lipinski definition) is 2. The average molecular weight is 273 g/mol. The van der Waals surface area contributed by atoms with Crippen LogP contribution in [0.5, 0.6) is 0 Å². The van der Waals surface area contributed by atoms with Crippen LogP contribution in [0.2, 0.25) is 0 Å². The zero-order valence-electron chi connectivity index (χ0n) is 13.3. The molecule has 0 radical (unpaired) electrons. The molecule has 2 aromatic heterocycles. The number of rotatable bonds is 7. The summed E-state index contributed by atoms with van der Waals surface area (Å²) in [6.07, 6.45) is 6.98. The largest absolute Gasteiger partial charge is 0.247 e. The molecule has 2 heterocycles. The number of fused-ring (bicyclic) bond motifs is 1. The van der Waals surface area contributed by atoms with Gasteiger partial charge in [0, 0.05) is 18.1 Å². The van der Waals surface area contributed by atoms with Gasteiger partial charge in [-0.3, -0.25) is 0 Å². The van der Waals surface area contributed by atoms with Crippen LogP contribution in [0.4, 0.5) is 0 Å². The molecular weight excluding hydrogens is 246 g/mol. The predicted molar refractivity (Wildman–Crippen MR) is 84.7 cm³/mol. The van der Waals surface area contributed by atoms with E-state index in [0.717, 1.165) is 23.8 Å².